The van der Waals surface area contributed by atoms with E-state index < -0.39 is 0 Å². The maximum atomic E-state index is 6.01. The molecular formula is C22H41N5O. The lowest BCUT2D eigenvalue weighted by molar-refractivity contribution is 0.0264. The number of aryl methyl sites for hydroxylation is 1. The van der Waals surface area contributed by atoms with E-state index in [9.17, 15) is 0 Å². The number of hydrogen-bond donors (Lipinski definition) is 1. The molecule has 160 valence electrons. The van der Waals surface area contributed by atoms with Crippen molar-refractivity contribution in [1.29, 1.82) is 0 Å². The summed E-state index contributed by atoms with van der Waals surface area (Å²) in [5.41, 5.74) is 2.44. The SMILES string of the molecule is CN=C(NCCCCCOC1CCCCC1)N(C)Cc1cn(C)nc1C(C)C. The molecule has 0 radical (unpaired) electrons. The molecule has 0 aromatic carbocycles. The van der Waals surface area contributed by atoms with E-state index in [4.69, 9.17) is 4.74 Å². The van der Waals surface area contributed by atoms with Crippen LogP contribution in [0.3, 0.4) is 0 Å². The molecule has 1 aliphatic rings. The fourth-order valence-corrected chi connectivity index (χ4v) is 3.96. The molecule has 0 amide bonds. The predicted molar refractivity (Wildman–Crippen MR) is 117 cm³/mol. The van der Waals surface area contributed by atoms with Crippen LogP contribution in [0.25, 0.3) is 0 Å². The molecule has 1 N–H and O–H groups in total. The van der Waals surface area contributed by atoms with Gasteiger partial charge in [-0.15, -0.1) is 0 Å². The smallest absolute Gasteiger partial charge is 0.193 e. The summed E-state index contributed by atoms with van der Waals surface area (Å²) in [5, 5.41) is 8.10. The van der Waals surface area contributed by atoms with Crippen LogP contribution >= 0.6 is 0 Å². The molecule has 1 saturated carbocycles. The van der Waals surface area contributed by atoms with Gasteiger partial charge in [0.05, 0.1) is 11.8 Å². The third-order valence-electron chi connectivity index (χ3n) is 5.47. The van der Waals surface area contributed by atoms with Crippen LogP contribution in [-0.2, 0) is 18.3 Å². The van der Waals surface area contributed by atoms with Crippen LogP contribution in [0.1, 0.15) is 82.4 Å². The summed E-state index contributed by atoms with van der Waals surface area (Å²) in [7, 11) is 5.92. The van der Waals surface area contributed by atoms with Gasteiger partial charge in [-0.05, 0) is 38.0 Å². The zero-order valence-corrected chi connectivity index (χ0v) is 18.7. The minimum Gasteiger partial charge on any atom is -0.378 e. The molecule has 0 saturated heterocycles. The molecule has 0 aliphatic heterocycles. The Bertz CT molecular complexity index is 590. The van der Waals surface area contributed by atoms with Crippen molar-refractivity contribution in [2.45, 2.75) is 83.8 Å². The topological polar surface area (TPSA) is 54.7 Å². The summed E-state index contributed by atoms with van der Waals surface area (Å²) in [6, 6.07) is 0. The summed E-state index contributed by atoms with van der Waals surface area (Å²) in [4.78, 5) is 6.62. The second-order valence-corrected chi connectivity index (χ2v) is 8.39. The van der Waals surface area contributed by atoms with E-state index in [-0.39, 0.29) is 0 Å². The van der Waals surface area contributed by atoms with Gasteiger partial charge in [0.15, 0.2) is 5.96 Å². The Balaban J connectivity index is 1.63. The minimum absolute atomic E-state index is 0.426. The second kappa shape index (κ2) is 12.1. The van der Waals surface area contributed by atoms with E-state index in [0.717, 1.165) is 38.5 Å². The van der Waals surface area contributed by atoms with Gasteiger partial charge in [0.25, 0.3) is 0 Å². The Morgan fingerprint density at radius 2 is 2.04 bits per heavy atom. The summed E-state index contributed by atoms with van der Waals surface area (Å²) in [6.07, 6.45) is 12.7. The highest BCUT2D eigenvalue weighted by atomic mass is 16.5. The molecule has 2 rings (SSSR count). The van der Waals surface area contributed by atoms with Crippen molar-refractivity contribution >= 4 is 5.96 Å². The van der Waals surface area contributed by atoms with Crippen LogP contribution in [-0.4, -0.2) is 54.0 Å². The predicted octanol–water partition coefficient (Wildman–Crippen LogP) is 4.07. The zero-order valence-electron chi connectivity index (χ0n) is 18.7. The van der Waals surface area contributed by atoms with Crippen molar-refractivity contribution in [3.05, 3.63) is 17.5 Å². The van der Waals surface area contributed by atoms with Gasteiger partial charge >= 0.3 is 0 Å². The van der Waals surface area contributed by atoms with Crippen molar-refractivity contribution in [3.8, 4) is 0 Å². The van der Waals surface area contributed by atoms with Gasteiger partial charge in [-0.25, -0.2) is 0 Å². The number of ether oxygens (including phenoxy) is 1. The molecule has 1 aromatic rings. The van der Waals surface area contributed by atoms with Crippen LogP contribution in [0.2, 0.25) is 0 Å². The lowest BCUT2D eigenvalue weighted by atomic mass is 9.98. The van der Waals surface area contributed by atoms with Crippen LogP contribution in [0.15, 0.2) is 11.2 Å². The van der Waals surface area contributed by atoms with Crippen LogP contribution < -0.4 is 5.32 Å². The molecule has 0 unspecified atom stereocenters. The Hall–Kier alpha value is -1.56. The number of hydrogen-bond acceptors (Lipinski definition) is 3. The maximum absolute atomic E-state index is 6.01. The van der Waals surface area contributed by atoms with Gasteiger partial charge in [0, 0.05) is 52.6 Å². The second-order valence-electron chi connectivity index (χ2n) is 8.39. The molecule has 1 fully saturated rings. The minimum atomic E-state index is 0.426. The molecule has 1 heterocycles. The van der Waals surface area contributed by atoms with E-state index in [0.29, 0.717) is 12.0 Å². The number of unbranched alkanes of at least 4 members (excludes halogenated alkanes) is 2. The Kier molecular flexibility index (Phi) is 9.82. The van der Waals surface area contributed by atoms with Crippen LogP contribution in [0, 0.1) is 0 Å². The molecule has 0 bridgehead atoms. The molecule has 6 heteroatoms. The first-order chi connectivity index (χ1) is 13.5. The summed E-state index contributed by atoms with van der Waals surface area (Å²) >= 11 is 0. The number of nitrogens with zero attached hydrogens (tertiary/aromatic N) is 4. The normalized spacial score (nSPS) is 16.0. The fraction of sp³-hybridized carbons (Fsp3) is 0.818. The Labute approximate surface area is 171 Å². The number of guanidine groups is 1. The van der Waals surface area contributed by atoms with E-state index in [1.54, 1.807) is 0 Å². The monoisotopic (exact) mass is 391 g/mol. The molecule has 1 aliphatic carbocycles. The summed E-state index contributed by atoms with van der Waals surface area (Å²) in [6.45, 7) is 7.06. The van der Waals surface area contributed by atoms with Gasteiger partial charge in [-0.1, -0.05) is 33.1 Å². The highest BCUT2D eigenvalue weighted by Crippen LogP contribution is 2.20. The van der Waals surface area contributed by atoms with E-state index in [1.165, 1.54) is 49.8 Å². The first kappa shape index (κ1) is 22.7. The zero-order chi connectivity index (χ0) is 20.4. The van der Waals surface area contributed by atoms with Crippen molar-refractivity contribution in [1.82, 2.24) is 20.0 Å². The van der Waals surface area contributed by atoms with E-state index in [2.05, 4.69) is 47.4 Å². The summed E-state index contributed by atoms with van der Waals surface area (Å²) < 4.78 is 7.92. The lowest BCUT2D eigenvalue weighted by Gasteiger charge is -2.23. The third kappa shape index (κ3) is 7.46. The number of aliphatic imine (C=N–C) groups is 1. The lowest BCUT2D eigenvalue weighted by Crippen LogP contribution is -2.39. The Morgan fingerprint density at radius 3 is 2.71 bits per heavy atom. The van der Waals surface area contributed by atoms with E-state index in [1.807, 2.05) is 18.8 Å². The van der Waals surface area contributed by atoms with E-state index >= 15 is 0 Å². The number of nitrogens with one attached hydrogen (secondary N) is 1. The first-order valence-electron chi connectivity index (χ1n) is 11.1. The maximum Gasteiger partial charge on any atom is 0.193 e. The van der Waals surface area contributed by atoms with Crippen molar-refractivity contribution < 1.29 is 4.74 Å². The molecule has 6 nitrogen and oxygen atoms in total. The van der Waals surface area contributed by atoms with Gasteiger partial charge < -0.3 is 15.0 Å². The fourth-order valence-electron chi connectivity index (χ4n) is 3.96. The molecule has 28 heavy (non-hydrogen) atoms. The Morgan fingerprint density at radius 1 is 1.29 bits per heavy atom. The standard InChI is InChI=1S/C22H41N5O/c1-18(2)21-19(17-27(5)25-21)16-26(4)22(23-3)24-14-10-7-11-15-28-20-12-8-6-9-13-20/h17-18,20H,6-16H2,1-5H3,(H,23,24). The molecule has 0 atom stereocenters. The average Bonchev–Trinajstić information content (AvgIpc) is 3.05. The number of aromatic nitrogens is 2. The molecule has 0 spiro atoms. The highest BCUT2D eigenvalue weighted by Gasteiger charge is 2.15. The molecule has 1 aromatic heterocycles. The highest BCUT2D eigenvalue weighted by molar-refractivity contribution is 5.79. The van der Waals surface area contributed by atoms with Crippen molar-refractivity contribution in [2.75, 3.05) is 27.2 Å². The quantitative estimate of drug-likeness (QED) is 0.371. The van der Waals surface area contributed by atoms with Crippen LogP contribution in [0.4, 0.5) is 0 Å². The van der Waals surface area contributed by atoms with Gasteiger partial charge in [-0.3, -0.25) is 9.67 Å². The van der Waals surface area contributed by atoms with Crippen molar-refractivity contribution in [2.24, 2.45) is 12.0 Å². The number of rotatable bonds is 10. The van der Waals surface area contributed by atoms with Gasteiger partial charge in [-0.2, -0.15) is 5.10 Å². The van der Waals surface area contributed by atoms with Gasteiger partial charge in [0.1, 0.15) is 0 Å². The van der Waals surface area contributed by atoms with Crippen molar-refractivity contribution in [3.63, 3.8) is 0 Å². The summed E-state index contributed by atoms with van der Waals surface area (Å²) in [5.74, 6) is 1.37. The first-order valence-corrected chi connectivity index (χ1v) is 11.1. The average molecular weight is 392 g/mol. The van der Waals surface area contributed by atoms with Crippen LogP contribution in [0.5, 0.6) is 0 Å². The largest absolute Gasteiger partial charge is 0.378 e. The third-order valence-corrected chi connectivity index (χ3v) is 5.47. The van der Waals surface area contributed by atoms with Gasteiger partial charge in [0.2, 0.25) is 0 Å². The molecular weight excluding hydrogens is 350 g/mol.